The van der Waals surface area contributed by atoms with E-state index in [-0.39, 0.29) is 0 Å². The van der Waals surface area contributed by atoms with Crippen LogP contribution >= 0.6 is 0 Å². The molecule has 0 spiro atoms. The van der Waals surface area contributed by atoms with Crippen LogP contribution in [0.15, 0.2) is 4.99 Å². The number of aliphatic imine (C=N–C) groups is 1. The SMILES string of the molecule is CCCNC(N)=NCC1(O)CCCC1. The third-order valence-corrected chi connectivity index (χ3v) is 2.63. The van der Waals surface area contributed by atoms with E-state index in [2.05, 4.69) is 17.2 Å². The number of guanidine groups is 1. The van der Waals surface area contributed by atoms with Gasteiger partial charge in [0.15, 0.2) is 5.96 Å². The number of hydrogen-bond acceptors (Lipinski definition) is 2. The van der Waals surface area contributed by atoms with Crippen molar-refractivity contribution in [2.24, 2.45) is 10.7 Å². The largest absolute Gasteiger partial charge is 0.388 e. The highest BCUT2D eigenvalue weighted by atomic mass is 16.3. The van der Waals surface area contributed by atoms with E-state index in [0.29, 0.717) is 12.5 Å². The summed E-state index contributed by atoms with van der Waals surface area (Å²) < 4.78 is 0. The first-order valence-electron chi connectivity index (χ1n) is 5.42. The molecule has 1 aliphatic rings. The molecule has 82 valence electrons. The van der Waals surface area contributed by atoms with Gasteiger partial charge >= 0.3 is 0 Å². The van der Waals surface area contributed by atoms with Gasteiger partial charge in [-0.1, -0.05) is 19.8 Å². The first kappa shape index (κ1) is 11.3. The van der Waals surface area contributed by atoms with Crippen LogP contribution in [-0.2, 0) is 0 Å². The van der Waals surface area contributed by atoms with Gasteiger partial charge < -0.3 is 16.2 Å². The summed E-state index contributed by atoms with van der Waals surface area (Å²) in [6, 6.07) is 0. The van der Waals surface area contributed by atoms with E-state index in [0.717, 1.165) is 38.6 Å². The van der Waals surface area contributed by atoms with Crippen LogP contribution < -0.4 is 11.1 Å². The Morgan fingerprint density at radius 2 is 2.14 bits per heavy atom. The molecule has 0 atom stereocenters. The Kier molecular flexibility index (Phi) is 4.20. The quantitative estimate of drug-likeness (QED) is 0.459. The van der Waals surface area contributed by atoms with Crippen molar-refractivity contribution >= 4 is 5.96 Å². The molecule has 0 heterocycles. The number of nitrogens with one attached hydrogen (secondary N) is 1. The first-order valence-corrected chi connectivity index (χ1v) is 5.42. The fraction of sp³-hybridized carbons (Fsp3) is 0.900. The van der Waals surface area contributed by atoms with Crippen LogP contribution in [0, 0.1) is 0 Å². The van der Waals surface area contributed by atoms with Gasteiger partial charge in [0.25, 0.3) is 0 Å². The van der Waals surface area contributed by atoms with Gasteiger partial charge in [0.05, 0.1) is 12.1 Å². The third kappa shape index (κ3) is 3.54. The minimum atomic E-state index is -0.585. The highest BCUT2D eigenvalue weighted by Gasteiger charge is 2.30. The van der Waals surface area contributed by atoms with Gasteiger partial charge in [-0.3, -0.25) is 4.99 Å². The van der Waals surface area contributed by atoms with E-state index in [4.69, 9.17) is 5.73 Å². The van der Waals surface area contributed by atoms with Crippen molar-refractivity contribution in [1.82, 2.24) is 5.32 Å². The van der Waals surface area contributed by atoms with Gasteiger partial charge in [-0.2, -0.15) is 0 Å². The lowest BCUT2D eigenvalue weighted by Crippen LogP contribution is -2.35. The van der Waals surface area contributed by atoms with Crippen LogP contribution in [0.5, 0.6) is 0 Å². The zero-order valence-electron chi connectivity index (χ0n) is 8.92. The number of aliphatic hydroxyl groups is 1. The molecule has 1 aliphatic carbocycles. The topological polar surface area (TPSA) is 70.6 Å². The van der Waals surface area contributed by atoms with Crippen LogP contribution in [0.4, 0.5) is 0 Å². The van der Waals surface area contributed by atoms with Crippen LogP contribution in [-0.4, -0.2) is 29.8 Å². The van der Waals surface area contributed by atoms with Crippen molar-refractivity contribution < 1.29 is 5.11 Å². The summed E-state index contributed by atoms with van der Waals surface area (Å²) in [7, 11) is 0. The molecule has 1 fully saturated rings. The highest BCUT2D eigenvalue weighted by molar-refractivity contribution is 5.77. The van der Waals surface area contributed by atoms with Crippen LogP contribution in [0.1, 0.15) is 39.0 Å². The summed E-state index contributed by atoms with van der Waals surface area (Å²) in [6.07, 6.45) is 4.96. The number of rotatable bonds is 4. The Morgan fingerprint density at radius 1 is 1.50 bits per heavy atom. The molecule has 0 saturated heterocycles. The third-order valence-electron chi connectivity index (χ3n) is 2.63. The molecule has 1 saturated carbocycles. The Labute approximate surface area is 85.6 Å². The zero-order valence-corrected chi connectivity index (χ0v) is 8.92. The summed E-state index contributed by atoms with van der Waals surface area (Å²) in [4.78, 5) is 4.15. The summed E-state index contributed by atoms with van der Waals surface area (Å²) in [5.41, 5.74) is 5.04. The van der Waals surface area contributed by atoms with E-state index in [9.17, 15) is 5.11 Å². The molecular weight excluding hydrogens is 178 g/mol. The predicted molar refractivity (Wildman–Crippen MR) is 58.2 cm³/mol. The van der Waals surface area contributed by atoms with Crippen molar-refractivity contribution in [3.63, 3.8) is 0 Å². The summed E-state index contributed by atoms with van der Waals surface area (Å²) in [5.74, 6) is 0.451. The summed E-state index contributed by atoms with van der Waals surface area (Å²) >= 11 is 0. The minimum absolute atomic E-state index is 0.440. The lowest BCUT2D eigenvalue weighted by Gasteiger charge is -2.19. The van der Waals surface area contributed by atoms with Gasteiger partial charge in [-0.25, -0.2) is 0 Å². The maximum absolute atomic E-state index is 9.98. The average Bonchev–Trinajstić information content (AvgIpc) is 2.60. The molecule has 0 radical (unpaired) electrons. The minimum Gasteiger partial charge on any atom is -0.388 e. The molecule has 14 heavy (non-hydrogen) atoms. The van der Waals surface area contributed by atoms with Gasteiger partial charge in [-0.15, -0.1) is 0 Å². The lowest BCUT2D eigenvalue weighted by molar-refractivity contribution is 0.0575. The molecule has 0 aromatic rings. The fourth-order valence-electron chi connectivity index (χ4n) is 1.73. The second kappa shape index (κ2) is 5.20. The van der Waals surface area contributed by atoms with E-state index >= 15 is 0 Å². The number of hydrogen-bond donors (Lipinski definition) is 3. The number of nitrogens with zero attached hydrogens (tertiary/aromatic N) is 1. The molecule has 0 aromatic carbocycles. The second-order valence-electron chi connectivity index (χ2n) is 4.06. The molecule has 0 amide bonds. The van der Waals surface area contributed by atoms with Crippen LogP contribution in [0.25, 0.3) is 0 Å². The van der Waals surface area contributed by atoms with Gasteiger partial charge in [0, 0.05) is 6.54 Å². The van der Waals surface area contributed by atoms with E-state index in [1.165, 1.54) is 0 Å². The Hall–Kier alpha value is -0.770. The Balaban J connectivity index is 2.29. The lowest BCUT2D eigenvalue weighted by atomic mass is 10.0. The highest BCUT2D eigenvalue weighted by Crippen LogP contribution is 2.29. The number of nitrogens with two attached hydrogens (primary N) is 1. The van der Waals surface area contributed by atoms with Crippen molar-refractivity contribution in [2.45, 2.75) is 44.6 Å². The average molecular weight is 199 g/mol. The molecule has 0 aromatic heterocycles. The zero-order chi connectivity index (χ0) is 10.4. The molecule has 0 aliphatic heterocycles. The molecule has 4 N–H and O–H groups in total. The monoisotopic (exact) mass is 199 g/mol. The standard InChI is InChI=1S/C10H21N3O/c1-2-7-12-9(11)13-8-10(14)5-3-4-6-10/h14H,2-8H2,1H3,(H3,11,12,13). The Morgan fingerprint density at radius 3 is 2.71 bits per heavy atom. The van der Waals surface area contributed by atoms with Crippen LogP contribution in [0.2, 0.25) is 0 Å². The van der Waals surface area contributed by atoms with Gasteiger partial charge in [0.1, 0.15) is 0 Å². The van der Waals surface area contributed by atoms with Gasteiger partial charge in [-0.05, 0) is 19.3 Å². The van der Waals surface area contributed by atoms with Crippen LogP contribution in [0.3, 0.4) is 0 Å². The van der Waals surface area contributed by atoms with Crippen molar-refractivity contribution in [1.29, 1.82) is 0 Å². The normalized spacial score (nSPS) is 21.1. The molecular formula is C10H21N3O. The molecule has 4 nitrogen and oxygen atoms in total. The summed E-state index contributed by atoms with van der Waals surface area (Å²) in [6.45, 7) is 3.36. The van der Waals surface area contributed by atoms with Crippen molar-refractivity contribution in [2.75, 3.05) is 13.1 Å². The van der Waals surface area contributed by atoms with Crippen molar-refractivity contribution in [3.8, 4) is 0 Å². The molecule has 4 heteroatoms. The predicted octanol–water partition coefficient (Wildman–Crippen LogP) is 0.606. The Bertz CT molecular complexity index is 198. The maximum atomic E-state index is 9.98. The molecule has 0 unspecified atom stereocenters. The van der Waals surface area contributed by atoms with Gasteiger partial charge in [0.2, 0.25) is 0 Å². The van der Waals surface area contributed by atoms with Crippen molar-refractivity contribution in [3.05, 3.63) is 0 Å². The maximum Gasteiger partial charge on any atom is 0.188 e. The second-order valence-corrected chi connectivity index (χ2v) is 4.06. The molecule has 0 bridgehead atoms. The molecule has 1 rings (SSSR count). The smallest absolute Gasteiger partial charge is 0.188 e. The van der Waals surface area contributed by atoms with E-state index in [1.54, 1.807) is 0 Å². The van der Waals surface area contributed by atoms with E-state index in [1.807, 2.05) is 0 Å². The summed E-state index contributed by atoms with van der Waals surface area (Å²) in [5, 5.41) is 13.0. The first-order chi connectivity index (χ1) is 6.66. The van der Waals surface area contributed by atoms with E-state index < -0.39 is 5.60 Å². The fourth-order valence-corrected chi connectivity index (χ4v) is 1.73.